The molecule has 0 saturated carbocycles. The summed E-state index contributed by atoms with van der Waals surface area (Å²) < 4.78 is 33.2. The Bertz CT molecular complexity index is 964. The van der Waals surface area contributed by atoms with E-state index in [0.717, 1.165) is 22.7 Å². The van der Waals surface area contributed by atoms with E-state index < -0.39 is 10.0 Å². The molecule has 2 aromatic rings. The minimum Gasteiger partial charge on any atom is -0.376 e. The molecule has 9 heteroatoms. The Labute approximate surface area is 187 Å². The zero-order valence-electron chi connectivity index (χ0n) is 16.4. The highest BCUT2D eigenvalue weighted by Crippen LogP contribution is 2.28. The molecule has 1 atom stereocenters. The van der Waals surface area contributed by atoms with Gasteiger partial charge in [-0.25, -0.2) is 8.42 Å². The van der Waals surface area contributed by atoms with Crippen molar-refractivity contribution in [3.63, 3.8) is 0 Å². The third-order valence-electron chi connectivity index (χ3n) is 4.87. The smallest absolute Gasteiger partial charge is 0.245 e. The molecule has 1 aliphatic rings. The molecule has 1 N–H and O–H groups in total. The van der Waals surface area contributed by atoms with Gasteiger partial charge in [0.1, 0.15) is 4.90 Å². The second-order valence-corrected chi connectivity index (χ2v) is 9.84. The molecule has 162 valence electrons. The predicted octanol–water partition coefficient (Wildman–Crippen LogP) is 3.52. The lowest BCUT2D eigenvalue weighted by atomic mass is 10.1. The van der Waals surface area contributed by atoms with E-state index in [1.165, 1.54) is 18.2 Å². The van der Waals surface area contributed by atoms with Crippen LogP contribution in [0.5, 0.6) is 0 Å². The van der Waals surface area contributed by atoms with Crippen molar-refractivity contribution in [2.75, 3.05) is 26.2 Å². The van der Waals surface area contributed by atoms with Gasteiger partial charge in [0.05, 0.1) is 17.7 Å². The molecule has 1 fully saturated rings. The number of rotatable bonds is 9. The average Bonchev–Trinajstić information content (AvgIpc) is 3.25. The first-order valence-electron chi connectivity index (χ1n) is 9.73. The van der Waals surface area contributed by atoms with Crippen molar-refractivity contribution in [3.05, 3.63) is 64.1 Å². The number of amides is 1. The van der Waals surface area contributed by atoms with Crippen molar-refractivity contribution in [2.45, 2.75) is 30.3 Å². The van der Waals surface area contributed by atoms with Gasteiger partial charge < -0.3 is 10.1 Å². The number of hydrogen-bond donors (Lipinski definition) is 1. The topological polar surface area (TPSA) is 75.7 Å². The Kier molecular flexibility index (Phi) is 8.13. The third-order valence-corrected chi connectivity index (χ3v) is 7.44. The normalized spacial score (nSPS) is 16.7. The Hall–Kier alpha value is -1.64. The molecule has 30 heavy (non-hydrogen) atoms. The van der Waals surface area contributed by atoms with Crippen molar-refractivity contribution < 1.29 is 17.9 Å². The second kappa shape index (κ2) is 10.6. The maximum atomic E-state index is 13.3. The third kappa shape index (κ3) is 6.18. The number of halogens is 2. The molecular formula is C21H24Cl2N2O4S. The summed E-state index contributed by atoms with van der Waals surface area (Å²) in [6.45, 7) is 0.863. The van der Waals surface area contributed by atoms with Gasteiger partial charge in [0, 0.05) is 24.7 Å². The van der Waals surface area contributed by atoms with E-state index in [1.807, 2.05) is 30.3 Å². The molecule has 0 bridgehead atoms. The first kappa shape index (κ1) is 23.0. The maximum absolute atomic E-state index is 13.3. The summed E-state index contributed by atoms with van der Waals surface area (Å²) >= 11 is 12.1. The van der Waals surface area contributed by atoms with Crippen LogP contribution in [0.25, 0.3) is 0 Å². The quantitative estimate of drug-likeness (QED) is 0.608. The van der Waals surface area contributed by atoms with Gasteiger partial charge in [-0.1, -0.05) is 53.5 Å². The van der Waals surface area contributed by atoms with Crippen molar-refractivity contribution in [1.29, 1.82) is 0 Å². The Morgan fingerprint density at radius 2 is 1.93 bits per heavy atom. The van der Waals surface area contributed by atoms with Crippen LogP contribution < -0.4 is 5.32 Å². The fourth-order valence-corrected chi connectivity index (χ4v) is 5.38. The molecule has 1 saturated heterocycles. The fourth-order valence-electron chi connectivity index (χ4n) is 3.25. The summed E-state index contributed by atoms with van der Waals surface area (Å²) in [6.07, 6.45) is 2.28. The summed E-state index contributed by atoms with van der Waals surface area (Å²) in [6, 6.07) is 13.7. The SMILES string of the molecule is O=C(CN(CCc1ccccc1)S(=O)(=O)c1cc(Cl)ccc1Cl)NCC1CCCO1. The van der Waals surface area contributed by atoms with Gasteiger partial charge in [-0.3, -0.25) is 4.79 Å². The number of ether oxygens (including phenoxy) is 1. The van der Waals surface area contributed by atoms with Gasteiger partial charge in [0.15, 0.2) is 0 Å². The van der Waals surface area contributed by atoms with Crippen LogP contribution in [-0.2, 0) is 26.0 Å². The summed E-state index contributed by atoms with van der Waals surface area (Å²) in [5.74, 6) is -0.389. The molecule has 6 nitrogen and oxygen atoms in total. The molecule has 1 amide bonds. The van der Waals surface area contributed by atoms with Crippen LogP contribution in [0.15, 0.2) is 53.4 Å². The Morgan fingerprint density at radius 3 is 2.63 bits per heavy atom. The lowest BCUT2D eigenvalue weighted by molar-refractivity contribution is -0.121. The van der Waals surface area contributed by atoms with Crippen molar-refractivity contribution >= 4 is 39.1 Å². The van der Waals surface area contributed by atoms with E-state index in [-0.39, 0.29) is 40.0 Å². The van der Waals surface area contributed by atoms with Crippen LogP contribution in [0, 0.1) is 0 Å². The zero-order valence-corrected chi connectivity index (χ0v) is 18.7. The highest BCUT2D eigenvalue weighted by atomic mass is 35.5. The summed E-state index contributed by atoms with van der Waals surface area (Å²) in [7, 11) is -4.03. The average molecular weight is 471 g/mol. The van der Waals surface area contributed by atoms with Gasteiger partial charge in [0.2, 0.25) is 15.9 Å². The van der Waals surface area contributed by atoms with E-state index >= 15 is 0 Å². The fraction of sp³-hybridized carbons (Fsp3) is 0.381. The maximum Gasteiger partial charge on any atom is 0.245 e. The van der Waals surface area contributed by atoms with Crippen LogP contribution in [0.2, 0.25) is 10.0 Å². The summed E-state index contributed by atoms with van der Waals surface area (Å²) in [5, 5.41) is 3.09. The first-order valence-corrected chi connectivity index (χ1v) is 11.9. The van der Waals surface area contributed by atoms with E-state index in [2.05, 4.69) is 5.32 Å². The molecule has 0 radical (unpaired) electrons. The van der Waals surface area contributed by atoms with Crippen molar-refractivity contribution in [2.24, 2.45) is 0 Å². The number of carbonyl (C=O) groups is 1. The van der Waals surface area contributed by atoms with Crippen LogP contribution in [0.4, 0.5) is 0 Å². The minimum absolute atomic E-state index is 0.0225. The van der Waals surface area contributed by atoms with Crippen LogP contribution in [-0.4, -0.2) is 51.0 Å². The lowest BCUT2D eigenvalue weighted by Gasteiger charge is -2.23. The Balaban J connectivity index is 1.76. The van der Waals surface area contributed by atoms with Gasteiger partial charge in [0.25, 0.3) is 0 Å². The van der Waals surface area contributed by atoms with E-state index in [0.29, 0.717) is 19.6 Å². The van der Waals surface area contributed by atoms with Crippen LogP contribution in [0.3, 0.4) is 0 Å². The van der Waals surface area contributed by atoms with Gasteiger partial charge in [-0.15, -0.1) is 0 Å². The molecule has 2 aromatic carbocycles. The predicted molar refractivity (Wildman–Crippen MR) is 117 cm³/mol. The molecule has 0 aliphatic carbocycles. The van der Waals surface area contributed by atoms with Crippen molar-refractivity contribution in [1.82, 2.24) is 9.62 Å². The minimum atomic E-state index is -4.03. The summed E-state index contributed by atoms with van der Waals surface area (Å²) in [5.41, 5.74) is 0.967. The van der Waals surface area contributed by atoms with Gasteiger partial charge in [-0.2, -0.15) is 4.31 Å². The standard InChI is InChI=1S/C21H24Cl2N2O4S/c22-17-8-9-19(23)20(13-17)30(27,28)25(11-10-16-5-2-1-3-6-16)15-21(26)24-14-18-7-4-12-29-18/h1-3,5-6,8-9,13,18H,4,7,10-12,14-15H2,(H,24,26). The number of sulfonamides is 1. The number of carbonyl (C=O) groups excluding carboxylic acids is 1. The number of nitrogens with zero attached hydrogens (tertiary/aromatic N) is 1. The molecular weight excluding hydrogens is 447 g/mol. The zero-order chi connectivity index (χ0) is 21.6. The molecule has 3 rings (SSSR count). The van der Waals surface area contributed by atoms with E-state index in [4.69, 9.17) is 27.9 Å². The molecule has 1 heterocycles. The van der Waals surface area contributed by atoms with Crippen molar-refractivity contribution in [3.8, 4) is 0 Å². The number of hydrogen-bond acceptors (Lipinski definition) is 4. The monoisotopic (exact) mass is 470 g/mol. The second-order valence-electron chi connectivity index (χ2n) is 7.09. The van der Waals surface area contributed by atoms with Gasteiger partial charge in [-0.05, 0) is 43.0 Å². The number of benzene rings is 2. The van der Waals surface area contributed by atoms with E-state index in [1.54, 1.807) is 0 Å². The largest absolute Gasteiger partial charge is 0.376 e. The first-order chi connectivity index (χ1) is 14.4. The molecule has 1 unspecified atom stereocenters. The lowest BCUT2D eigenvalue weighted by Crippen LogP contribution is -2.43. The Morgan fingerprint density at radius 1 is 1.17 bits per heavy atom. The number of nitrogens with one attached hydrogen (secondary N) is 1. The highest BCUT2D eigenvalue weighted by Gasteiger charge is 2.29. The molecule has 0 spiro atoms. The van der Waals surface area contributed by atoms with Crippen LogP contribution in [0.1, 0.15) is 18.4 Å². The summed E-state index contributed by atoms with van der Waals surface area (Å²) in [4.78, 5) is 12.4. The van der Waals surface area contributed by atoms with Crippen LogP contribution >= 0.6 is 23.2 Å². The molecule has 1 aliphatic heterocycles. The van der Waals surface area contributed by atoms with E-state index in [9.17, 15) is 13.2 Å². The van der Waals surface area contributed by atoms with Gasteiger partial charge >= 0.3 is 0 Å². The molecule has 0 aromatic heterocycles. The highest BCUT2D eigenvalue weighted by molar-refractivity contribution is 7.89.